The van der Waals surface area contributed by atoms with Crippen LogP contribution in [-0.2, 0) is 6.54 Å². The Hall–Kier alpha value is -1.98. The number of halogens is 2. The molecule has 0 aliphatic carbocycles. The third kappa shape index (κ3) is 4.35. The number of carbonyl (C=O) groups is 1. The zero-order valence-corrected chi connectivity index (χ0v) is 14.9. The minimum atomic E-state index is -0.587. The summed E-state index contributed by atoms with van der Waals surface area (Å²) in [5.74, 6) is -1.03. The van der Waals surface area contributed by atoms with Crippen molar-refractivity contribution < 1.29 is 9.18 Å². The van der Waals surface area contributed by atoms with Crippen LogP contribution in [0.2, 0.25) is 5.02 Å². The van der Waals surface area contributed by atoms with Gasteiger partial charge in [0.1, 0.15) is 5.82 Å². The molecule has 3 rings (SSSR count). The summed E-state index contributed by atoms with van der Waals surface area (Å²) >= 11 is 6.13. The van der Waals surface area contributed by atoms with Crippen LogP contribution in [0, 0.1) is 12.7 Å². The van der Waals surface area contributed by atoms with E-state index in [1.807, 2.05) is 18.3 Å². The van der Waals surface area contributed by atoms with Gasteiger partial charge in [-0.3, -0.25) is 14.7 Å². The summed E-state index contributed by atoms with van der Waals surface area (Å²) in [5, 5.41) is 3.12. The molecule has 25 heavy (non-hydrogen) atoms. The van der Waals surface area contributed by atoms with E-state index in [-0.39, 0.29) is 16.6 Å². The van der Waals surface area contributed by atoms with Gasteiger partial charge >= 0.3 is 0 Å². The molecule has 2 aromatic rings. The highest BCUT2D eigenvalue weighted by molar-refractivity contribution is 6.34. The molecule has 1 aliphatic heterocycles. The van der Waals surface area contributed by atoms with Crippen LogP contribution in [0.1, 0.15) is 34.3 Å². The van der Waals surface area contributed by atoms with Crippen LogP contribution in [0.5, 0.6) is 0 Å². The zero-order chi connectivity index (χ0) is 17.8. The molecule has 1 aromatic heterocycles. The summed E-state index contributed by atoms with van der Waals surface area (Å²) in [7, 11) is 0. The van der Waals surface area contributed by atoms with Crippen molar-refractivity contribution in [2.75, 3.05) is 13.1 Å². The second-order valence-electron chi connectivity index (χ2n) is 6.46. The molecule has 6 heteroatoms. The summed E-state index contributed by atoms with van der Waals surface area (Å²) in [5.41, 5.74) is 1.77. The summed E-state index contributed by atoms with van der Waals surface area (Å²) in [6, 6.07) is 6.79. The Kier molecular flexibility index (Phi) is 5.66. The number of hydrogen-bond donors (Lipinski definition) is 1. The Bertz CT molecular complexity index is 754. The molecular formula is C19H21ClFN3O. The number of nitrogens with zero attached hydrogens (tertiary/aromatic N) is 2. The van der Waals surface area contributed by atoms with Gasteiger partial charge < -0.3 is 5.32 Å². The Morgan fingerprint density at radius 3 is 3.04 bits per heavy atom. The molecule has 1 aliphatic rings. The zero-order valence-electron chi connectivity index (χ0n) is 14.1. The summed E-state index contributed by atoms with van der Waals surface area (Å²) < 4.78 is 14.0. The van der Waals surface area contributed by atoms with Crippen molar-refractivity contribution in [3.63, 3.8) is 0 Å². The molecule has 4 nitrogen and oxygen atoms in total. The first kappa shape index (κ1) is 17.8. The van der Waals surface area contributed by atoms with E-state index < -0.39 is 11.7 Å². The van der Waals surface area contributed by atoms with Crippen LogP contribution in [0.3, 0.4) is 0 Å². The second-order valence-corrected chi connectivity index (χ2v) is 6.84. The molecule has 0 radical (unpaired) electrons. The number of pyridine rings is 1. The molecule has 132 valence electrons. The fraction of sp³-hybridized carbons (Fsp3) is 0.368. The predicted molar refractivity (Wildman–Crippen MR) is 96.1 cm³/mol. The number of hydrogen-bond acceptors (Lipinski definition) is 3. The van der Waals surface area contributed by atoms with Gasteiger partial charge in [0.15, 0.2) is 0 Å². The maximum Gasteiger partial charge on any atom is 0.256 e. The monoisotopic (exact) mass is 361 g/mol. The molecule has 1 saturated heterocycles. The number of amides is 1. The van der Waals surface area contributed by atoms with Gasteiger partial charge in [0, 0.05) is 31.5 Å². The van der Waals surface area contributed by atoms with Crippen LogP contribution in [0.4, 0.5) is 4.39 Å². The number of likely N-dealkylation sites (tertiary alicyclic amines) is 1. The SMILES string of the molecule is Cc1ccc(F)c(C(=O)N[C@H]2CCCN(Cc3cccnc3)C2)c1Cl. The van der Waals surface area contributed by atoms with Crippen LogP contribution in [-0.4, -0.2) is 34.9 Å². The van der Waals surface area contributed by atoms with Gasteiger partial charge in [0.25, 0.3) is 5.91 Å². The lowest BCUT2D eigenvalue weighted by Gasteiger charge is -2.33. The van der Waals surface area contributed by atoms with Gasteiger partial charge in [0.2, 0.25) is 0 Å². The number of rotatable bonds is 4. The van der Waals surface area contributed by atoms with E-state index >= 15 is 0 Å². The summed E-state index contributed by atoms with van der Waals surface area (Å²) in [6.07, 6.45) is 5.46. The van der Waals surface area contributed by atoms with E-state index in [4.69, 9.17) is 11.6 Å². The third-order valence-electron chi connectivity index (χ3n) is 4.48. The smallest absolute Gasteiger partial charge is 0.256 e. The quantitative estimate of drug-likeness (QED) is 0.905. The second kappa shape index (κ2) is 7.93. The summed E-state index contributed by atoms with van der Waals surface area (Å²) in [6.45, 7) is 4.25. The number of nitrogens with one attached hydrogen (secondary N) is 1. The van der Waals surface area contributed by atoms with Crippen LogP contribution in [0.15, 0.2) is 36.7 Å². The number of carbonyl (C=O) groups excluding carboxylic acids is 1. The van der Waals surface area contributed by atoms with Crippen LogP contribution in [0.25, 0.3) is 0 Å². The Morgan fingerprint density at radius 2 is 2.28 bits per heavy atom. The lowest BCUT2D eigenvalue weighted by atomic mass is 10.0. The highest BCUT2D eigenvalue weighted by Gasteiger charge is 2.24. The summed E-state index contributed by atoms with van der Waals surface area (Å²) in [4.78, 5) is 18.9. The molecule has 0 saturated carbocycles. The average molecular weight is 362 g/mol. The fourth-order valence-electron chi connectivity index (χ4n) is 3.19. The van der Waals surface area contributed by atoms with Crippen molar-refractivity contribution in [2.45, 2.75) is 32.4 Å². The number of piperidine rings is 1. The van der Waals surface area contributed by atoms with E-state index in [0.717, 1.165) is 38.0 Å². The van der Waals surface area contributed by atoms with Gasteiger partial charge in [-0.1, -0.05) is 23.7 Å². The lowest BCUT2D eigenvalue weighted by molar-refractivity contribution is 0.0897. The Morgan fingerprint density at radius 1 is 1.44 bits per heavy atom. The third-order valence-corrected chi connectivity index (χ3v) is 4.97. The van der Waals surface area contributed by atoms with Crippen LogP contribution < -0.4 is 5.32 Å². The van der Waals surface area contributed by atoms with E-state index in [2.05, 4.69) is 15.2 Å². The highest BCUT2D eigenvalue weighted by atomic mass is 35.5. The Balaban J connectivity index is 1.65. The number of aryl methyl sites for hydroxylation is 1. The predicted octanol–water partition coefficient (Wildman–Crippen LogP) is 3.58. The maximum atomic E-state index is 14.0. The highest BCUT2D eigenvalue weighted by Crippen LogP contribution is 2.24. The number of aromatic nitrogens is 1. The van der Waals surface area contributed by atoms with Crippen molar-refractivity contribution in [1.82, 2.24) is 15.2 Å². The largest absolute Gasteiger partial charge is 0.348 e. The van der Waals surface area contributed by atoms with E-state index in [1.54, 1.807) is 19.2 Å². The van der Waals surface area contributed by atoms with Crippen molar-refractivity contribution in [3.05, 3.63) is 64.2 Å². The van der Waals surface area contributed by atoms with Crippen molar-refractivity contribution >= 4 is 17.5 Å². The van der Waals surface area contributed by atoms with Gasteiger partial charge in [-0.2, -0.15) is 0 Å². The number of benzene rings is 1. The standard InChI is InChI=1S/C19H21ClFN3O/c1-13-6-7-16(21)17(18(13)20)19(25)23-15-5-3-9-24(12-15)11-14-4-2-8-22-10-14/h2,4,6-8,10,15H,3,5,9,11-12H2,1H3,(H,23,25)/t15-/m0/s1. The molecule has 1 amide bonds. The van der Waals surface area contributed by atoms with Crippen LogP contribution >= 0.6 is 11.6 Å². The van der Waals surface area contributed by atoms with E-state index in [0.29, 0.717) is 5.56 Å². The molecule has 1 atom stereocenters. The molecule has 1 fully saturated rings. The molecule has 0 spiro atoms. The lowest BCUT2D eigenvalue weighted by Crippen LogP contribution is -2.47. The first-order chi connectivity index (χ1) is 12.0. The molecule has 0 unspecified atom stereocenters. The van der Waals surface area contributed by atoms with E-state index in [1.165, 1.54) is 6.07 Å². The van der Waals surface area contributed by atoms with Crippen molar-refractivity contribution in [3.8, 4) is 0 Å². The molecule has 0 bridgehead atoms. The van der Waals surface area contributed by atoms with Gasteiger partial charge in [0.05, 0.1) is 10.6 Å². The average Bonchev–Trinajstić information content (AvgIpc) is 2.60. The fourth-order valence-corrected chi connectivity index (χ4v) is 3.43. The molecule has 1 aromatic carbocycles. The first-order valence-corrected chi connectivity index (χ1v) is 8.79. The van der Waals surface area contributed by atoms with Crippen molar-refractivity contribution in [1.29, 1.82) is 0 Å². The van der Waals surface area contributed by atoms with E-state index in [9.17, 15) is 9.18 Å². The van der Waals surface area contributed by atoms with Gasteiger partial charge in [-0.05, 0) is 49.6 Å². The minimum Gasteiger partial charge on any atom is -0.348 e. The normalized spacial score (nSPS) is 18.1. The van der Waals surface area contributed by atoms with Crippen molar-refractivity contribution in [2.24, 2.45) is 0 Å². The van der Waals surface area contributed by atoms with Gasteiger partial charge in [-0.15, -0.1) is 0 Å². The molecule has 2 heterocycles. The minimum absolute atomic E-state index is 0.0195. The molecular weight excluding hydrogens is 341 g/mol. The maximum absolute atomic E-state index is 14.0. The van der Waals surface area contributed by atoms with Gasteiger partial charge in [-0.25, -0.2) is 4.39 Å². The Labute approximate surface area is 152 Å². The topological polar surface area (TPSA) is 45.2 Å². The first-order valence-electron chi connectivity index (χ1n) is 8.41. The molecule has 1 N–H and O–H groups in total.